The summed E-state index contributed by atoms with van der Waals surface area (Å²) in [7, 11) is -4.20. The van der Waals surface area contributed by atoms with Crippen LogP contribution in [0.2, 0.25) is 0 Å². The van der Waals surface area contributed by atoms with E-state index >= 15 is 0 Å². The topological polar surface area (TPSA) is 96.0 Å². The molecule has 12 heteroatoms. The smallest absolute Gasteiger partial charge is 0.542 e. The molecule has 0 unspecified atom stereocenters. The maximum atomic E-state index is 13.3. The monoisotopic (exact) mass is 460 g/mol. The number of imidazole rings is 1. The number of alkyl halides is 3. The molecule has 0 saturated heterocycles. The third-order valence-corrected chi connectivity index (χ3v) is 5.49. The molecular weight excluding hydrogens is 444 g/mol. The van der Waals surface area contributed by atoms with E-state index in [0.29, 0.717) is 11.3 Å². The molecule has 31 heavy (non-hydrogen) atoms. The van der Waals surface area contributed by atoms with Crippen LogP contribution >= 0.6 is 0 Å². The molecule has 0 spiro atoms. The van der Waals surface area contributed by atoms with E-state index in [-0.39, 0.29) is 52.4 Å². The Bertz CT molecular complexity index is 1190. The SMILES string of the molecule is CCC(=O)[N-]S(=O)(=O)c1ccc(-n2cc(C(F)(F)F)nc2-c2cccnc2C)cc1.[Na+]. The Labute approximate surface area is 199 Å². The van der Waals surface area contributed by atoms with E-state index in [9.17, 15) is 26.4 Å². The number of halogens is 3. The van der Waals surface area contributed by atoms with Gasteiger partial charge in [0, 0.05) is 29.3 Å². The zero-order valence-electron chi connectivity index (χ0n) is 16.9. The molecule has 0 atom stereocenters. The van der Waals surface area contributed by atoms with Gasteiger partial charge in [0.1, 0.15) is 15.8 Å². The Kier molecular flexibility index (Phi) is 7.69. The van der Waals surface area contributed by atoms with Gasteiger partial charge in [-0.25, -0.2) is 13.4 Å². The predicted molar refractivity (Wildman–Crippen MR) is 102 cm³/mol. The summed E-state index contributed by atoms with van der Waals surface area (Å²) in [5.41, 5.74) is 0.0282. The van der Waals surface area contributed by atoms with E-state index in [0.717, 1.165) is 6.20 Å². The standard InChI is InChI=1S/C19H17F3N4O3S.Na/c1-3-17(27)25-30(28,29)14-8-6-13(7-9-14)26-11-16(19(20,21)22)24-18(26)15-5-4-10-23-12(15)2;/h4-11H,3H2,1-2H3,(H,25,27);/q;+1/p-1. The minimum absolute atomic E-state index is 0. The Balaban J connectivity index is 0.00000341. The van der Waals surface area contributed by atoms with Gasteiger partial charge >= 0.3 is 35.7 Å². The number of hydrogen-bond acceptors (Lipinski definition) is 5. The van der Waals surface area contributed by atoms with Crippen LogP contribution in [-0.4, -0.2) is 28.9 Å². The summed E-state index contributed by atoms with van der Waals surface area (Å²) >= 11 is 0. The van der Waals surface area contributed by atoms with Crippen molar-refractivity contribution in [2.75, 3.05) is 0 Å². The number of aromatic nitrogens is 3. The van der Waals surface area contributed by atoms with Crippen molar-refractivity contribution in [3.63, 3.8) is 0 Å². The number of carbonyl (C=O) groups is 1. The Morgan fingerprint density at radius 1 is 1.16 bits per heavy atom. The van der Waals surface area contributed by atoms with Crippen LogP contribution in [0.4, 0.5) is 13.2 Å². The van der Waals surface area contributed by atoms with E-state index in [1.165, 1.54) is 42.0 Å². The first-order chi connectivity index (χ1) is 14.0. The first-order valence-electron chi connectivity index (χ1n) is 8.73. The molecule has 0 fully saturated rings. The summed E-state index contributed by atoms with van der Waals surface area (Å²) in [5.74, 6) is -0.785. The van der Waals surface area contributed by atoms with E-state index < -0.39 is 27.8 Å². The number of carbonyl (C=O) groups excluding carboxylic acids is 1. The molecule has 2 heterocycles. The normalized spacial score (nSPS) is 11.6. The number of benzene rings is 1. The van der Waals surface area contributed by atoms with E-state index in [2.05, 4.69) is 14.7 Å². The summed E-state index contributed by atoms with van der Waals surface area (Å²) < 4.78 is 68.5. The fourth-order valence-corrected chi connectivity index (χ4v) is 3.64. The van der Waals surface area contributed by atoms with E-state index in [1.54, 1.807) is 19.1 Å². The summed E-state index contributed by atoms with van der Waals surface area (Å²) in [4.78, 5) is 18.9. The van der Waals surface area contributed by atoms with Crippen LogP contribution in [-0.2, 0) is 21.0 Å². The number of aryl methyl sites for hydroxylation is 1. The van der Waals surface area contributed by atoms with Crippen LogP contribution in [0, 0.1) is 6.92 Å². The third-order valence-electron chi connectivity index (χ3n) is 4.18. The second-order valence-electron chi connectivity index (χ2n) is 6.26. The quantitative estimate of drug-likeness (QED) is 0.535. The minimum Gasteiger partial charge on any atom is -0.542 e. The van der Waals surface area contributed by atoms with Crippen molar-refractivity contribution in [2.24, 2.45) is 0 Å². The van der Waals surface area contributed by atoms with Gasteiger partial charge in [0.15, 0.2) is 5.69 Å². The largest absolute Gasteiger partial charge is 1.00 e. The maximum Gasteiger partial charge on any atom is 1.00 e. The van der Waals surface area contributed by atoms with Crippen LogP contribution in [0.25, 0.3) is 21.8 Å². The molecule has 1 aromatic carbocycles. The zero-order valence-corrected chi connectivity index (χ0v) is 19.7. The maximum absolute atomic E-state index is 13.3. The zero-order chi connectivity index (χ0) is 22.1. The van der Waals surface area contributed by atoms with Gasteiger partial charge in [0.05, 0.1) is 10.8 Å². The summed E-state index contributed by atoms with van der Waals surface area (Å²) in [5, 5.41) is 0. The first-order valence-corrected chi connectivity index (χ1v) is 10.2. The molecule has 158 valence electrons. The van der Waals surface area contributed by atoms with Gasteiger partial charge in [0.2, 0.25) is 0 Å². The molecule has 0 N–H and O–H groups in total. The van der Waals surface area contributed by atoms with Gasteiger partial charge in [0.25, 0.3) is 0 Å². The van der Waals surface area contributed by atoms with Crippen LogP contribution in [0.1, 0.15) is 24.7 Å². The molecule has 0 aliphatic heterocycles. The fraction of sp³-hybridized carbons (Fsp3) is 0.211. The Morgan fingerprint density at radius 3 is 2.35 bits per heavy atom. The van der Waals surface area contributed by atoms with Gasteiger partial charge in [-0.2, -0.15) is 13.2 Å². The third kappa shape index (κ3) is 5.53. The molecule has 0 bridgehead atoms. The molecule has 0 saturated carbocycles. The molecule has 3 rings (SSSR count). The van der Waals surface area contributed by atoms with Crippen molar-refractivity contribution in [1.82, 2.24) is 14.5 Å². The molecule has 0 radical (unpaired) electrons. The first kappa shape index (κ1) is 25.1. The van der Waals surface area contributed by atoms with Crippen LogP contribution < -0.4 is 29.6 Å². The second-order valence-corrected chi connectivity index (χ2v) is 7.87. The number of sulfonamides is 1. The fourth-order valence-electron chi connectivity index (χ4n) is 2.65. The van der Waals surface area contributed by atoms with Crippen LogP contribution in [0.5, 0.6) is 0 Å². The molecule has 0 aliphatic carbocycles. The average Bonchev–Trinajstić information content (AvgIpc) is 3.13. The summed E-state index contributed by atoms with van der Waals surface area (Å²) in [6.07, 6.45) is -2.40. The Hall–Kier alpha value is -2.21. The predicted octanol–water partition coefficient (Wildman–Crippen LogP) is 1.26. The van der Waals surface area contributed by atoms with Gasteiger partial charge in [-0.3, -0.25) is 9.55 Å². The molecule has 1 amide bonds. The molecule has 2 aromatic heterocycles. The molecular formula is C19H16F3N4NaO3S. The van der Waals surface area contributed by atoms with E-state index in [1.807, 2.05) is 0 Å². The number of rotatable bonds is 5. The number of pyridine rings is 1. The van der Waals surface area contributed by atoms with E-state index in [4.69, 9.17) is 0 Å². The number of hydrogen-bond donors (Lipinski definition) is 0. The minimum atomic E-state index is -4.67. The summed E-state index contributed by atoms with van der Waals surface area (Å²) in [6.45, 7) is 3.12. The van der Waals surface area contributed by atoms with Crippen molar-refractivity contribution in [3.05, 3.63) is 64.9 Å². The van der Waals surface area contributed by atoms with Gasteiger partial charge in [-0.1, -0.05) is 6.92 Å². The van der Waals surface area contributed by atoms with Gasteiger partial charge < -0.3 is 9.52 Å². The van der Waals surface area contributed by atoms with Crippen molar-refractivity contribution in [2.45, 2.75) is 31.3 Å². The molecule has 3 aromatic rings. The summed E-state index contributed by atoms with van der Waals surface area (Å²) in [6, 6.07) is 8.14. The average molecular weight is 460 g/mol. The Morgan fingerprint density at radius 2 is 1.81 bits per heavy atom. The van der Waals surface area contributed by atoms with Crippen LogP contribution in [0.3, 0.4) is 0 Å². The van der Waals surface area contributed by atoms with Crippen molar-refractivity contribution in [3.8, 4) is 17.1 Å². The van der Waals surface area contributed by atoms with Crippen molar-refractivity contribution in [1.29, 1.82) is 0 Å². The molecule has 7 nitrogen and oxygen atoms in total. The van der Waals surface area contributed by atoms with Crippen LogP contribution in [0.15, 0.2) is 53.7 Å². The number of amides is 1. The van der Waals surface area contributed by atoms with Gasteiger partial charge in [-0.15, -0.1) is 0 Å². The second kappa shape index (κ2) is 9.51. The van der Waals surface area contributed by atoms with Crippen molar-refractivity contribution < 1.29 is 55.9 Å². The molecule has 0 aliphatic rings. The van der Waals surface area contributed by atoms with Gasteiger partial charge in [-0.05, 0) is 49.7 Å². The van der Waals surface area contributed by atoms with Crippen molar-refractivity contribution >= 4 is 15.9 Å². The number of nitrogens with zero attached hydrogens (tertiary/aromatic N) is 4.